The summed E-state index contributed by atoms with van der Waals surface area (Å²) in [6.07, 6.45) is 3.41. The molecule has 0 saturated carbocycles. The zero-order chi connectivity index (χ0) is 14.5. The predicted octanol–water partition coefficient (Wildman–Crippen LogP) is 3.34. The molecule has 0 N–H and O–H groups in total. The van der Waals surface area contributed by atoms with Crippen molar-refractivity contribution in [3.8, 4) is 5.75 Å². The van der Waals surface area contributed by atoms with Crippen LogP contribution in [0.4, 0.5) is 0 Å². The standard InChI is InChI=1S/C9H7NO.C9H6N.Ru/c11-8-5-1-3-7-4-2-6-10-9(7)8;1-2-6-9-8(4-1)5-3-7-10-9;/h1-6,11H;1-5,7H;/q;-1;+2/p-1. The van der Waals surface area contributed by atoms with Crippen molar-refractivity contribution in [2.75, 3.05) is 0 Å². The second kappa shape index (κ2) is 7.62. The molecule has 2 aromatic carbocycles. The average Bonchev–Trinajstić information content (AvgIpc) is 2.56. The predicted molar refractivity (Wildman–Crippen MR) is 81.8 cm³/mol. The van der Waals surface area contributed by atoms with Crippen LogP contribution in [0.25, 0.3) is 21.8 Å². The van der Waals surface area contributed by atoms with E-state index in [-0.39, 0.29) is 25.2 Å². The number of para-hydroxylation sites is 2. The van der Waals surface area contributed by atoms with Gasteiger partial charge in [-0.2, -0.15) is 24.3 Å². The van der Waals surface area contributed by atoms with Crippen LogP contribution < -0.4 is 5.11 Å². The molecule has 4 aromatic rings. The van der Waals surface area contributed by atoms with Crippen LogP contribution in [-0.4, -0.2) is 9.97 Å². The monoisotopic (exact) mass is 374 g/mol. The Hall–Kier alpha value is -2.32. The van der Waals surface area contributed by atoms with Crippen LogP contribution in [0.1, 0.15) is 0 Å². The largest absolute Gasteiger partial charge is 2.00 e. The Kier molecular flexibility index (Phi) is 5.57. The van der Waals surface area contributed by atoms with Gasteiger partial charge in [0.2, 0.25) is 0 Å². The van der Waals surface area contributed by atoms with Crippen LogP contribution in [0.2, 0.25) is 0 Å². The van der Waals surface area contributed by atoms with Gasteiger partial charge in [0.15, 0.2) is 0 Å². The summed E-state index contributed by atoms with van der Waals surface area (Å²) in [6, 6.07) is 21.7. The molecule has 2 heterocycles. The summed E-state index contributed by atoms with van der Waals surface area (Å²) in [7, 11) is 0. The number of hydrogen-bond donors (Lipinski definition) is 0. The normalized spacial score (nSPS) is 9.64. The number of hydrogen-bond acceptors (Lipinski definition) is 3. The quantitative estimate of drug-likeness (QED) is 0.351. The minimum Gasteiger partial charge on any atom is -0.871 e. The Morgan fingerprint density at radius 2 is 1.45 bits per heavy atom. The van der Waals surface area contributed by atoms with Gasteiger partial charge in [-0.3, -0.25) is 9.97 Å². The third-order valence-electron chi connectivity index (χ3n) is 3.03. The third kappa shape index (κ3) is 3.66. The molecule has 0 fully saturated rings. The molecule has 108 valence electrons. The molecule has 0 aliphatic heterocycles. The fourth-order valence-corrected chi connectivity index (χ4v) is 2.03. The van der Waals surface area contributed by atoms with Gasteiger partial charge in [-0.05, 0) is 17.0 Å². The first kappa shape index (κ1) is 16.1. The van der Waals surface area contributed by atoms with E-state index in [1.165, 1.54) is 6.07 Å². The van der Waals surface area contributed by atoms with E-state index in [1.807, 2.05) is 48.5 Å². The van der Waals surface area contributed by atoms with E-state index in [9.17, 15) is 5.11 Å². The Morgan fingerprint density at radius 3 is 2.23 bits per heavy atom. The molecule has 0 bridgehead atoms. The molecular formula is C18H12N2ORu. The van der Waals surface area contributed by atoms with Crippen molar-refractivity contribution in [1.29, 1.82) is 0 Å². The van der Waals surface area contributed by atoms with Crippen LogP contribution >= 0.6 is 0 Å². The average molecular weight is 373 g/mol. The van der Waals surface area contributed by atoms with E-state index < -0.39 is 0 Å². The maximum atomic E-state index is 11.1. The Labute approximate surface area is 141 Å². The van der Waals surface area contributed by atoms with E-state index in [4.69, 9.17) is 0 Å². The fourth-order valence-electron chi connectivity index (χ4n) is 2.03. The maximum absolute atomic E-state index is 11.1. The van der Waals surface area contributed by atoms with Crippen molar-refractivity contribution in [2.45, 2.75) is 0 Å². The van der Waals surface area contributed by atoms with Crippen LogP contribution in [0, 0.1) is 6.07 Å². The van der Waals surface area contributed by atoms with Gasteiger partial charge in [-0.15, -0.1) is 11.5 Å². The number of aromatic nitrogens is 2. The zero-order valence-corrected chi connectivity index (χ0v) is 13.3. The van der Waals surface area contributed by atoms with E-state index in [2.05, 4.69) is 16.0 Å². The topological polar surface area (TPSA) is 48.8 Å². The Morgan fingerprint density at radius 1 is 0.773 bits per heavy atom. The molecule has 3 nitrogen and oxygen atoms in total. The van der Waals surface area contributed by atoms with Gasteiger partial charge in [0, 0.05) is 12.4 Å². The minimum absolute atomic E-state index is 0. The number of nitrogens with zero attached hydrogens (tertiary/aromatic N) is 2. The van der Waals surface area contributed by atoms with Crippen molar-refractivity contribution in [2.24, 2.45) is 0 Å². The van der Waals surface area contributed by atoms with Crippen molar-refractivity contribution in [3.63, 3.8) is 0 Å². The van der Waals surface area contributed by atoms with Crippen LogP contribution in [0.5, 0.6) is 5.75 Å². The Bertz CT molecular complexity index is 810. The summed E-state index contributed by atoms with van der Waals surface area (Å²) in [4.78, 5) is 8.09. The van der Waals surface area contributed by atoms with Gasteiger partial charge in [0.1, 0.15) is 0 Å². The summed E-state index contributed by atoms with van der Waals surface area (Å²) in [5.41, 5.74) is 1.49. The second-order valence-corrected chi connectivity index (χ2v) is 4.44. The number of benzene rings is 2. The second-order valence-electron chi connectivity index (χ2n) is 4.44. The van der Waals surface area contributed by atoms with E-state index in [0.717, 1.165) is 16.3 Å². The third-order valence-corrected chi connectivity index (χ3v) is 3.03. The van der Waals surface area contributed by atoms with Crippen LogP contribution in [0.15, 0.2) is 73.1 Å². The first-order chi connectivity index (χ1) is 10.3. The summed E-state index contributed by atoms with van der Waals surface area (Å²) < 4.78 is 0. The van der Waals surface area contributed by atoms with Gasteiger partial charge < -0.3 is 5.11 Å². The van der Waals surface area contributed by atoms with Crippen LogP contribution in [-0.2, 0) is 19.5 Å². The maximum Gasteiger partial charge on any atom is 2.00 e. The molecule has 2 aromatic heterocycles. The molecule has 0 spiro atoms. The summed E-state index contributed by atoms with van der Waals surface area (Å²) in [6.45, 7) is 0. The number of rotatable bonds is 0. The SMILES string of the molecule is [O-]c1cccc2cccnc12.[Ru+2].[c-]1cccc2cccnc12. The van der Waals surface area contributed by atoms with Gasteiger partial charge in [-0.25, -0.2) is 0 Å². The molecule has 0 saturated heterocycles. The van der Waals surface area contributed by atoms with Gasteiger partial charge in [-0.1, -0.05) is 36.1 Å². The molecule has 0 aliphatic rings. The summed E-state index contributed by atoms with van der Waals surface area (Å²) in [5.74, 6) is -0.0110. The molecule has 0 atom stereocenters. The van der Waals surface area contributed by atoms with Crippen molar-refractivity contribution in [3.05, 3.63) is 79.1 Å². The minimum atomic E-state index is -0.0110. The van der Waals surface area contributed by atoms with Gasteiger partial charge in [0.25, 0.3) is 0 Å². The summed E-state index contributed by atoms with van der Waals surface area (Å²) in [5, 5.41) is 13.2. The first-order valence-corrected chi connectivity index (χ1v) is 6.57. The van der Waals surface area contributed by atoms with E-state index >= 15 is 0 Å². The molecule has 4 rings (SSSR count). The molecule has 4 heteroatoms. The van der Waals surface area contributed by atoms with Crippen LogP contribution in [0.3, 0.4) is 0 Å². The van der Waals surface area contributed by atoms with E-state index in [0.29, 0.717) is 5.52 Å². The number of fused-ring (bicyclic) bond motifs is 2. The fraction of sp³-hybridized carbons (Fsp3) is 0. The molecule has 22 heavy (non-hydrogen) atoms. The molecule has 0 aliphatic carbocycles. The number of pyridine rings is 2. The van der Waals surface area contributed by atoms with E-state index in [1.54, 1.807) is 18.5 Å². The van der Waals surface area contributed by atoms with Crippen molar-refractivity contribution < 1.29 is 24.6 Å². The summed E-state index contributed by atoms with van der Waals surface area (Å²) >= 11 is 0. The molecule has 0 amide bonds. The zero-order valence-electron chi connectivity index (χ0n) is 11.6. The molecular weight excluding hydrogens is 361 g/mol. The molecule has 0 radical (unpaired) electrons. The first-order valence-electron chi connectivity index (χ1n) is 6.57. The van der Waals surface area contributed by atoms with Crippen molar-refractivity contribution in [1.82, 2.24) is 9.97 Å². The smallest absolute Gasteiger partial charge is 0.871 e. The van der Waals surface area contributed by atoms with Gasteiger partial charge >= 0.3 is 19.5 Å². The van der Waals surface area contributed by atoms with Crippen molar-refractivity contribution >= 4 is 21.8 Å². The molecule has 0 unspecified atom stereocenters. The Balaban J connectivity index is 0.000000154. The van der Waals surface area contributed by atoms with Gasteiger partial charge in [0.05, 0.1) is 5.52 Å².